The third-order valence-corrected chi connectivity index (χ3v) is 10.5. The van der Waals surface area contributed by atoms with E-state index in [9.17, 15) is 4.39 Å². The first-order valence-corrected chi connectivity index (χ1v) is 17.8. The molecular weight excluding hydrogens is 654 g/mol. The van der Waals surface area contributed by atoms with Crippen molar-refractivity contribution in [2.45, 2.75) is 0 Å². The summed E-state index contributed by atoms with van der Waals surface area (Å²) in [5.74, 6) is -0.269. The zero-order valence-electron chi connectivity index (χ0n) is 28.4. The van der Waals surface area contributed by atoms with Crippen LogP contribution in [0.25, 0.3) is 76.9 Å². The van der Waals surface area contributed by atoms with Crippen LogP contribution in [0.2, 0.25) is 0 Å². The first-order valence-electron chi connectivity index (χ1n) is 17.8. The van der Waals surface area contributed by atoms with Gasteiger partial charge in [-0.3, -0.25) is 0 Å². The van der Waals surface area contributed by atoms with Crippen molar-refractivity contribution in [3.63, 3.8) is 0 Å². The molecule has 11 rings (SSSR count). The van der Waals surface area contributed by atoms with E-state index in [0.717, 1.165) is 83.2 Å². The summed E-state index contributed by atoms with van der Waals surface area (Å²) in [5, 5.41) is 6.74. The van der Waals surface area contributed by atoms with Gasteiger partial charge < -0.3 is 18.5 Å². The van der Waals surface area contributed by atoms with Crippen molar-refractivity contribution in [3.05, 3.63) is 188 Å². The molecule has 0 aliphatic rings. The summed E-state index contributed by atoms with van der Waals surface area (Å²) in [6.07, 6.45) is 0. The third-order valence-electron chi connectivity index (χ3n) is 10.5. The van der Waals surface area contributed by atoms with E-state index in [1.165, 1.54) is 16.8 Å². The van der Waals surface area contributed by atoms with Crippen molar-refractivity contribution < 1.29 is 8.81 Å². The summed E-state index contributed by atoms with van der Waals surface area (Å²) in [6, 6.07) is 62.3. The van der Waals surface area contributed by atoms with Crippen molar-refractivity contribution in [1.29, 1.82) is 0 Å². The van der Waals surface area contributed by atoms with Crippen LogP contribution in [0.15, 0.2) is 186 Å². The van der Waals surface area contributed by atoms with Gasteiger partial charge in [0.15, 0.2) is 0 Å². The van der Waals surface area contributed by atoms with E-state index < -0.39 is 0 Å². The predicted octanol–water partition coefficient (Wildman–Crippen LogP) is 13.4. The maximum atomic E-state index is 14.8. The van der Waals surface area contributed by atoms with E-state index in [1.807, 2.05) is 24.3 Å². The van der Waals surface area contributed by atoms with Crippen molar-refractivity contribution in [2.75, 3.05) is 4.90 Å². The molecule has 3 heterocycles. The maximum absolute atomic E-state index is 14.8. The number of para-hydroxylation sites is 4. The first kappa shape index (κ1) is 29.6. The van der Waals surface area contributed by atoms with Crippen molar-refractivity contribution in [1.82, 2.24) is 9.13 Å². The molecule has 0 aliphatic heterocycles. The lowest BCUT2D eigenvalue weighted by Crippen LogP contribution is -2.10. The van der Waals surface area contributed by atoms with Gasteiger partial charge in [-0.2, -0.15) is 0 Å². The number of benzene rings is 8. The molecule has 0 aliphatic carbocycles. The van der Waals surface area contributed by atoms with Gasteiger partial charge in [0.25, 0.3) is 0 Å². The lowest BCUT2D eigenvalue weighted by Gasteiger charge is -2.26. The van der Waals surface area contributed by atoms with Crippen LogP contribution in [0.4, 0.5) is 21.5 Å². The molecule has 250 valence electrons. The smallest absolute Gasteiger partial charge is 0.135 e. The van der Waals surface area contributed by atoms with Gasteiger partial charge in [0.05, 0.1) is 22.1 Å². The quantitative estimate of drug-likeness (QED) is 0.180. The zero-order valence-corrected chi connectivity index (χ0v) is 28.4. The standard InChI is InChI=1S/C48H30FN3O/c49-31-11-10-14-33(27-31)52-44-19-8-5-16-38(44)40-25-22-36(30-46(40)52)50(34-23-26-48-42(28-34)41-17-6-9-20-47(41)53-48)35-21-24-39-37-15-4-7-18-43(37)51(45(39)29-35)32-12-2-1-3-13-32/h1-30H. The van der Waals surface area contributed by atoms with Crippen molar-refractivity contribution in [2.24, 2.45) is 0 Å². The Morgan fingerprint density at radius 1 is 0.358 bits per heavy atom. The number of aromatic nitrogens is 2. The molecule has 8 aromatic carbocycles. The molecule has 3 aromatic heterocycles. The third kappa shape index (κ3) is 4.54. The monoisotopic (exact) mass is 683 g/mol. The zero-order chi connectivity index (χ0) is 35.0. The Kier molecular flexibility index (Phi) is 6.40. The summed E-state index contributed by atoms with van der Waals surface area (Å²) in [7, 11) is 0. The molecule has 0 saturated heterocycles. The maximum Gasteiger partial charge on any atom is 0.135 e. The number of furan rings is 1. The molecule has 0 spiro atoms. The van der Waals surface area contributed by atoms with Crippen LogP contribution in [0.5, 0.6) is 0 Å². The molecule has 5 heteroatoms. The average Bonchev–Trinajstić information content (AvgIpc) is 3.85. The molecule has 0 atom stereocenters. The fourth-order valence-electron chi connectivity index (χ4n) is 8.25. The SMILES string of the molecule is Fc1cccc(-n2c3ccccc3c3ccc(N(c4ccc5oc6ccccc6c5c4)c4ccc5c6ccccc6n(-c6ccccc6)c5c4)cc32)c1. The van der Waals surface area contributed by atoms with E-state index >= 15 is 0 Å². The summed E-state index contributed by atoms with van der Waals surface area (Å²) in [4.78, 5) is 2.32. The normalized spacial score (nSPS) is 11.9. The molecule has 4 nitrogen and oxygen atoms in total. The molecule has 0 bridgehead atoms. The van der Waals surface area contributed by atoms with Gasteiger partial charge in [-0.15, -0.1) is 0 Å². The fourth-order valence-corrected chi connectivity index (χ4v) is 8.25. The highest BCUT2D eigenvalue weighted by atomic mass is 19.1. The number of nitrogens with zero attached hydrogens (tertiary/aromatic N) is 3. The summed E-state index contributed by atoms with van der Waals surface area (Å²) < 4.78 is 25.5. The highest BCUT2D eigenvalue weighted by Gasteiger charge is 2.21. The Labute approximate surface area is 303 Å². The van der Waals surface area contributed by atoms with Crippen LogP contribution < -0.4 is 4.90 Å². The molecule has 0 amide bonds. The molecule has 0 radical (unpaired) electrons. The minimum atomic E-state index is -0.269. The van der Waals surface area contributed by atoms with Crippen LogP contribution >= 0.6 is 0 Å². The number of hydrogen-bond acceptors (Lipinski definition) is 2. The first-order chi connectivity index (χ1) is 26.2. The van der Waals surface area contributed by atoms with Crippen LogP contribution in [-0.4, -0.2) is 9.13 Å². The number of hydrogen-bond donors (Lipinski definition) is 0. The van der Waals surface area contributed by atoms with E-state index in [-0.39, 0.29) is 5.82 Å². The Hall–Kier alpha value is -7.11. The summed E-state index contributed by atoms with van der Waals surface area (Å²) >= 11 is 0. The minimum absolute atomic E-state index is 0.269. The van der Waals surface area contributed by atoms with Gasteiger partial charge in [0.1, 0.15) is 17.0 Å². The van der Waals surface area contributed by atoms with Gasteiger partial charge >= 0.3 is 0 Å². The van der Waals surface area contributed by atoms with Gasteiger partial charge in [0, 0.05) is 60.8 Å². The van der Waals surface area contributed by atoms with Gasteiger partial charge in [-0.1, -0.05) is 91.0 Å². The Morgan fingerprint density at radius 3 is 1.55 bits per heavy atom. The topological polar surface area (TPSA) is 26.2 Å². The lowest BCUT2D eigenvalue weighted by molar-refractivity contribution is 0.627. The van der Waals surface area contributed by atoms with Gasteiger partial charge in [-0.05, 0) is 91.0 Å². The lowest BCUT2D eigenvalue weighted by atomic mass is 10.1. The molecular formula is C48H30FN3O. The molecule has 11 aromatic rings. The van der Waals surface area contributed by atoms with Crippen LogP contribution in [0.3, 0.4) is 0 Å². The number of rotatable bonds is 5. The Bertz CT molecular complexity index is 3210. The van der Waals surface area contributed by atoms with Crippen molar-refractivity contribution in [3.8, 4) is 11.4 Å². The second-order valence-corrected chi connectivity index (χ2v) is 13.5. The van der Waals surface area contributed by atoms with Crippen LogP contribution in [0, 0.1) is 5.82 Å². The highest BCUT2D eigenvalue weighted by molar-refractivity contribution is 6.13. The average molecular weight is 684 g/mol. The van der Waals surface area contributed by atoms with E-state index in [0.29, 0.717) is 0 Å². The van der Waals surface area contributed by atoms with Crippen molar-refractivity contribution >= 4 is 82.6 Å². The van der Waals surface area contributed by atoms with Gasteiger partial charge in [0.2, 0.25) is 0 Å². The predicted molar refractivity (Wildman–Crippen MR) is 217 cm³/mol. The molecule has 0 N–H and O–H groups in total. The van der Waals surface area contributed by atoms with Gasteiger partial charge in [-0.25, -0.2) is 4.39 Å². The largest absolute Gasteiger partial charge is 0.456 e. The number of halogens is 1. The summed E-state index contributed by atoms with van der Waals surface area (Å²) in [5.41, 5.74) is 10.9. The van der Waals surface area contributed by atoms with Crippen LogP contribution in [-0.2, 0) is 0 Å². The van der Waals surface area contributed by atoms with E-state index in [2.05, 4.69) is 154 Å². The van der Waals surface area contributed by atoms with Crippen LogP contribution in [0.1, 0.15) is 0 Å². The molecule has 0 unspecified atom stereocenters. The van der Waals surface area contributed by atoms with E-state index in [1.54, 1.807) is 12.1 Å². The second kappa shape index (κ2) is 11.5. The molecule has 53 heavy (non-hydrogen) atoms. The fraction of sp³-hybridized carbons (Fsp3) is 0. The Balaban J connectivity index is 1.21. The van der Waals surface area contributed by atoms with E-state index in [4.69, 9.17) is 4.42 Å². The molecule has 0 saturated carbocycles. The second-order valence-electron chi connectivity index (χ2n) is 13.5. The number of anilines is 3. The number of fused-ring (bicyclic) bond motifs is 9. The molecule has 0 fully saturated rings. The minimum Gasteiger partial charge on any atom is -0.456 e. The highest BCUT2D eigenvalue weighted by Crippen LogP contribution is 2.43. The summed E-state index contributed by atoms with van der Waals surface area (Å²) in [6.45, 7) is 0. The Morgan fingerprint density at radius 2 is 0.868 bits per heavy atom.